The van der Waals surface area contributed by atoms with Gasteiger partial charge in [-0.2, -0.15) is 0 Å². The van der Waals surface area contributed by atoms with Crippen molar-refractivity contribution in [2.45, 2.75) is 32.8 Å². The van der Waals surface area contributed by atoms with Crippen molar-refractivity contribution in [3.8, 4) is 0 Å². The molecule has 0 aromatic heterocycles. The van der Waals surface area contributed by atoms with Crippen LogP contribution in [-0.2, 0) is 14.3 Å². The molecule has 1 amide bonds. The number of carbonyl (C=O) groups excluding carboxylic acids is 2. The van der Waals surface area contributed by atoms with E-state index in [4.69, 9.17) is 4.74 Å². The van der Waals surface area contributed by atoms with Gasteiger partial charge in [0.15, 0.2) is 6.10 Å². The summed E-state index contributed by atoms with van der Waals surface area (Å²) in [4.78, 5) is 22.2. The Kier molecular flexibility index (Phi) is 6.45. The molecule has 1 unspecified atom stereocenters. The summed E-state index contributed by atoms with van der Waals surface area (Å²) < 4.78 is 4.89. The maximum Gasteiger partial charge on any atom is 0.330 e. The van der Waals surface area contributed by atoms with E-state index in [1.807, 2.05) is 13.8 Å². The highest BCUT2D eigenvalue weighted by atomic mass is 16.5. The van der Waals surface area contributed by atoms with E-state index < -0.39 is 12.1 Å². The molecule has 0 saturated heterocycles. The molecule has 0 rings (SSSR count). The van der Waals surface area contributed by atoms with Gasteiger partial charge in [0.1, 0.15) is 0 Å². The van der Waals surface area contributed by atoms with E-state index in [1.165, 1.54) is 0 Å². The Bertz CT molecular complexity index is 213. The van der Waals surface area contributed by atoms with E-state index in [-0.39, 0.29) is 5.91 Å². The number of amides is 1. The topological polar surface area (TPSA) is 55.4 Å². The molecule has 0 saturated carbocycles. The summed E-state index contributed by atoms with van der Waals surface area (Å²) >= 11 is 0. The number of hydrogen-bond acceptors (Lipinski definition) is 3. The van der Waals surface area contributed by atoms with E-state index in [0.717, 1.165) is 12.5 Å². The van der Waals surface area contributed by atoms with Crippen molar-refractivity contribution in [2.24, 2.45) is 0 Å². The molecule has 80 valence electrons. The Morgan fingerprint density at radius 1 is 1.50 bits per heavy atom. The second kappa shape index (κ2) is 7.12. The van der Waals surface area contributed by atoms with Crippen molar-refractivity contribution in [1.29, 1.82) is 0 Å². The van der Waals surface area contributed by atoms with Gasteiger partial charge in [-0.05, 0) is 13.3 Å². The summed E-state index contributed by atoms with van der Waals surface area (Å²) in [7, 11) is 0. The maximum atomic E-state index is 11.4. The molecule has 0 aliphatic rings. The standard InChI is InChI=1S/C10H17NO3/c1-4-7-8(10(13)11-6-3)14-9(12)5-2/h5,8H,2,4,6-7H2,1,3H3,(H,11,13). The lowest BCUT2D eigenvalue weighted by molar-refractivity contribution is -0.151. The van der Waals surface area contributed by atoms with Gasteiger partial charge < -0.3 is 10.1 Å². The molecule has 4 nitrogen and oxygen atoms in total. The van der Waals surface area contributed by atoms with Crippen LogP contribution in [0.4, 0.5) is 0 Å². The number of esters is 1. The number of likely N-dealkylation sites (N-methyl/N-ethyl adjacent to an activating group) is 1. The summed E-state index contributed by atoms with van der Waals surface area (Å²) in [6, 6.07) is 0. The lowest BCUT2D eigenvalue weighted by Gasteiger charge is -2.15. The van der Waals surface area contributed by atoms with Crippen LogP contribution in [-0.4, -0.2) is 24.5 Å². The first-order valence-electron chi connectivity index (χ1n) is 4.76. The van der Waals surface area contributed by atoms with Crippen LogP contribution >= 0.6 is 0 Å². The Morgan fingerprint density at radius 2 is 2.14 bits per heavy atom. The van der Waals surface area contributed by atoms with Gasteiger partial charge in [-0.1, -0.05) is 19.9 Å². The summed E-state index contributed by atoms with van der Waals surface area (Å²) in [5.74, 6) is -0.806. The molecule has 0 spiro atoms. The number of carbonyl (C=O) groups is 2. The molecular formula is C10H17NO3. The van der Waals surface area contributed by atoms with Gasteiger partial charge in [0.05, 0.1) is 0 Å². The average Bonchev–Trinajstić information content (AvgIpc) is 2.17. The minimum Gasteiger partial charge on any atom is -0.449 e. The first-order valence-corrected chi connectivity index (χ1v) is 4.76. The molecule has 0 aromatic carbocycles. The fourth-order valence-corrected chi connectivity index (χ4v) is 0.982. The summed E-state index contributed by atoms with van der Waals surface area (Å²) in [6.07, 6.45) is 1.69. The monoisotopic (exact) mass is 199 g/mol. The molecule has 1 N–H and O–H groups in total. The van der Waals surface area contributed by atoms with Gasteiger partial charge in [0.2, 0.25) is 0 Å². The van der Waals surface area contributed by atoms with Crippen LogP contribution in [0.15, 0.2) is 12.7 Å². The molecule has 0 bridgehead atoms. The summed E-state index contributed by atoms with van der Waals surface area (Å²) in [5.41, 5.74) is 0. The van der Waals surface area contributed by atoms with Crippen LogP contribution in [0.3, 0.4) is 0 Å². The zero-order valence-corrected chi connectivity index (χ0v) is 8.71. The fourth-order valence-electron chi connectivity index (χ4n) is 0.982. The van der Waals surface area contributed by atoms with E-state index in [0.29, 0.717) is 13.0 Å². The SMILES string of the molecule is C=CC(=O)OC(CCC)C(=O)NCC. The van der Waals surface area contributed by atoms with E-state index >= 15 is 0 Å². The predicted molar refractivity (Wildman–Crippen MR) is 53.7 cm³/mol. The molecule has 0 aromatic rings. The van der Waals surface area contributed by atoms with Crippen LogP contribution in [0, 0.1) is 0 Å². The summed E-state index contributed by atoms with van der Waals surface area (Å²) in [5, 5.41) is 2.61. The number of rotatable bonds is 6. The zero-order chi connectivity index (χ0) is 11.0. The quantitative estimate of drug-likeness (QED) is 0.513. The van der Waals surface area contributed by atoms with Gasteiger partial charge in [-0.3, -0.25) is 4.79 Å². The third-order valence-corrected chi connectivity index (χ3v) is 1.62. The Hall–Kier alpha value is -1.32. The minimum atomic E-state index is -0.689. The number of hydrogen-bond donors (Lipinski definition) is 1. The smallest absolute Gasteiger partial charge is 0.330 e. The first-order chi connectivity index (χ1) is 6.65. The highest BCUT2D eigenvalue weighted by molar-refractivity contribution is 5.87. The third kappa shape index (κ3) is 4.64. The lowest BCUT2D eigenvalue weighted by Crippen LogP contribution is -2.37. The Balaban J connectivity index is 4.19. The van der Waals surface area contributed by atoms with Gasteiger partial charge >= 0.3 is 5.97 Å². The van der Waals surface area contributed by atoms with Gasteiger partial charge in [-0.15, -0.1) is 0 Å². The third-order valence-electron chi connectivity index (χ3n) is 1.62. The average molecular weight is 199 g/mol. The van der Waals surface area contributed by atoms with Crippen LogP contribution in [0.2, 0.25) is 0 Å². The van der Waals surface area contributed by atoms with Crippen molar-refractivity contribution in [2.75, 3.05) is 6.54 Å². The predicted octanol–water partition coefficient (Wildman–Crippen LogP) is 1.02. The molecular weight excluding hydrogens is 182 g/mol. The Labute approximate surface area is 84.3 Å². The second-order valence-electron chi connectivity index (χ2n) is 2.81. The number of nitrogens with one attached hydrogen (secondary N) is 1. The highest BCUT2D eigenvalue weighted by Crippen LogP contribution is 2.03. The largest absolute Gasteiger partial charge is 0.449 e. The molecule has 0 aliphatic heterocycles. The van der Waals surface area contributed by atoms with Crippen LogP contribution in [0.5, 0.6) is 0 Å². The van der Waals surface area contributed by atoms with Crippen LogP contribution in [0.25, 0.3) is 0 Å². The maximum absolute atomic E-state index is 11.4. The fraction of sp³-hybridized carbons (Fsp3) is 0.600. The molecule has 14 heavy (non-hydrogen) atoms. The van der Waals surface area contributed by atoms with Crippen LogP contribution in [0.1, 0.15) is 26.7 Å². The van der Waals surface area contributed by atoms with Crippen LogP contribution < -0.4 is 5.32 Å². The normalized spacial score (nSPS) is 11.6. The zero-order valence-electron chi connectivity index (χ0n) is 8.71. The van der Waals surface area contributed by atoms with Gasteiger partial charge in [0, 0.05) is 12.6 Å². The van der Waals surface area contributed by atoms with Crippen molar-refractivity contribution >= 4 is 11.9 Å². The number of ether oxygens (including phenoxy) is 1. The van der Waals surface area contributed by atoms with Gasteiger partial charge in [-0.25, -0.2) is 4.79 Å². The Morgan fingerprint density at radius 3 is 2.57 bits per heavy atom. The second-order valence-corrected chi connectivity index (χ2v) is 2.81. The molecule has 0 radical (unpaired) electrons. The van der Waals surface area contributed by atoms with Crippen molar-refractivity contribution < 1.29 is 14.3 Å². The molecule has 4 heteroatoms. The van der Waals surface area contributed by atoms with Crippen molar-refractivity contribution in [3.63, 3.8) is 0 Å². The lowest BCUT2D eigenvalue weighted by atomic mass is 10.2. The first kappa shape index (κ1) is 12.7. The van der Waals surface area contributed by atoms with Crippen molar-refractivity contribution in [1.82, 2.24) is 5.32 Å². The van der Waals surface area contributed by atoms with E-state index in [9.17, 15) is 9.59 Å². The van der Waals surface area contributed by atoms with Gasteiger partial charge in [0.25, 0.3) is 5.91 Å². The molecule has 1 atom stereocenters. The molecule has 0 fully saturated rings. The van der Waals surface area contributed by atoms with E-state index in [1.54, 1.807) is 0 Å². The van der Waals surface area contributed by atoms with Crippen molar-refractivity contribution in [3.05, 3.63) is 12.7 Å². The van der Waals surface area contributed by atoms with E-state index in [2.05, 4.69) is 11.9 Å². The molecule has 0 heterocycles. The summed E-state index contributed by atoms with van der Waals surface area (Å²) in [6.45, 7) is 7.55. The minimum absolute atomic E-state index is 0.246. The highest BCUT2D eigenvalue weighted by Gasteiger charge is 2.19. The molecule has 0 aliphatic carbocycles.